The van der Waals surface area contributed by atoms with Gasteiger partial charge in [0.15, 0.2) is 0 Å². The predicted molar refractivity (Wildman–Crippen MR) is 60.8 cm³/mol. The number of aliphatic hydroxyl groups excluding tert-OH is 1. The van der Waals surface area contributed by atoms with E-state index in [9.17, 15) is 5.11 Å². The molecule has 2 aromatic heterocycles. The van der Waals surface area contributed by atoms with Crippen LogP contribution in [0.25, 0.3) is 11.5 Å². The molecule has 2 atom stereocenters. The third-order valence-corrected chi connectivity index (χ3v) is 2.48. The van der Waals surface area contributed by atoms with Gasteiger partial charge in [-0.1, -0.05) is 6.92 Å². The van der Waals surface area contributed by atoms with E-state index >= 15 is 0 Å². The number of nitrogens with two attached hydrogens (primary N) is 1. The second-order valence-electron chi connectivity index (χ2n) is 3.70. The zero-order valence-corrected chi connectivity index (χ0v) is 9.45. The molecule has 0 aromatic carbocycles. The second-order valence-corrected chi connectivity index (χ2v) is 3.70. The summed E-state index contributed by atoms with van der Waals surface area (Å²) in [6.07, 6.45) is 2.97. The van der Waals surface area contributed by atoms with Gasteiger partial charge in [0.1, 0.15) is 6.10 Å². The molecule has 3 N–H and O–H groups in total. The van der Waals surface area contributed by atoms with Crippen LogP contribution in [0.1, 0.15) is 25.3 Å². The number of aliphatic hydroxyl groups is 1. The van der Waals surface area contributed by atoms with E-state index in [1.807, 2.05) is 6.92 Å². The van der Waals surface area contributed by atoms with Crippen molar-refractivity contribution in [1.29, 1.82) is 0 Å². The summed E-state index contributed by atoms with van der Waals surface area (Å²) in [6, 6.07) is 3.17. The van der Waals surface area contributed by atoms with Crippen LogP contribution in [0.5, 0.6) is 0 Å². The normalized spacial score (nSPS) is 14.5. The maximum atomic E-state index is 9.81. The highest BCUT2D eigenvalue weighted by molar-refractivity contribution is 5.49. The van der Waals surface area contributed by atoms with Crippen LogP contribution in [0.4, 0.5) is 0 Å². The number of nitrogens with zero attached hydrogens (tertiary/aromatic N) is 3. The lowest BCUT2D eigenvalue weighted by molar-refractivity contribution is 0.114. The van der Waals surface area contributed by atoms with Gasteiger partial charge < -0.3 is 15.3 Å². The minimum absolute atomic E-state index is 0.137. The van der Waals surface area contributed by atoms with E-state index in [4.69, 9.17) is 10.2 Å². The van der Waals surface area contributed by atoms with Crippen LogP contribution in [0.15, 0.2) is 28.9 Å². The topological polar surface area (TPSA) is 98.1 Å². The molecule has 2 heterocycles. The van der Waals surface area contributed by atoms with Gasteiger partial charge in [-0.25, -0.2) is 0 Å². The molecule has 0 bridgehead atoms. The van der Waals surface area contributed by atoms with Crippen LogP contribution in [0, 0.1) is 0 Å². The molecule has 2 aromatic rings. The first-order valence-electron chi connectivity index (χ1n) is 5.39. The average Bonchev–Trinajstić information content (AvgIpc) is 2.87. The molecule has 0 amide bonds. The van der Waals surface area contributed by atoms with Gasteiger partial charge in [-0.3, -0.25) is 4.98 Å². The van der Waals surface area contributed by atoms with Crippen molar-refractivity contribution >= 4 is 0 Å². The van der Waals surface area contributed by atoms with E-state index in [2.05, 4.69) is 15.2 Å². The summed E-state index contributed by atoms with van der Waals surface area (Å²) in [5, 5.41) is 17.5. The number of aromatic nitrogens is 3. The molecule has 2 rings (SSSR count). The van der Waals surface area contributed by atoms with Crippen LogP contribution in [0.3, 0.4) is 0 Å². The van der Waals surface area contributed by atoms with Crippen molar-refractivity contribution in [2.24, 2.45) is 5.73 Å². The molecule has 6 heteroatoms. The Hall–Kier alpha value is -1.79. The summed E-state index contributed by atoms with van der Waals surface area (Å²) in [4.78, 5) is 3.95. The van der Waals surface area contributed by atoms with Gasteiger partial charge in [0.25, 0.3) is 0 Å². The first kappa shape index (κ1) is 11.7. The lowest BCUT2D eigenvalue weighted by atomic mass is 10.1. The summed E-state index contributed by atoms with van der Waals surface area (Å²) in [7, 11) is 0. The van der Waals surface area contributed by atoms with Crippen LogP contribution in [0.2, 0.25) is 0 Å². The first-order chi connectivity index (χ1) is 8.22. The fraction of sp³-hybridized carbons (Fsp3) is 0.364. The fourth-order valence-electron chi connectivity index (χ4n) is 1.37. The summed E-state index contributed by atoms with van der Waals surface area (Å²) in [5.74, 6) is 0.466. The Bertz CT molecular complexity index is 471. The van der Waals surface area contributed by atoms with Gasteiger partial charge >= 0.3 is 0 Å². The van der Waals surface area contributed by atoms with E-state index in [0.29, 0.717) is 17.9 Å². The monoisotopic (exact) mass is 234 g/mol. The second kappa shape index (κ2) is 5.03. The van der Waals surface area contributed by atoms with Crippen LogP contribution in [-0.2, 0) is 0 Å². The Balaban J connectivity index is 2.22. The highest BCUT2D eigenvalue weighted by Crippen LogP contribution is 2.21. The number of hydrogen-bond acceptors (Lipinski definition) is 6. The fourth-order valence-corrected chi connectivity index (χ4v) is 1.37. The molecule has 0 aliphatic rings. The Kier molecular flexibility index (Phi) is 3.46. The molecule has 0 saturated carbocycles. The lowest BCUT2D eigenvalue weighted by Gasteiger charge is -2.12. The van der Waals surface area contributed by atoms with Crippen molar-refractivity contribution in [1.82, 2.24) is 15.2 Å². The molecule has 1 unspecified atom stereocenters. The smallest absolute Gasteiger partial charge is 0.249 e. The maximum absolute atomic E-state index is 9.81. The van der Waals surface area contributed by atoms with Crippen LogP contribution < -0.4 is 5.73 Å². The molecule has 0 saturated heterocycles. The summed E-state index contributed by atoms with van der Waals surface area (Å²) in [6.45, 7) is 1.88. The van der Waals surface area contributed by atoms with Gasteiger partial charge in [-0.15, -0.1) is 10.2 Å². The predicted octanol–water partition coefficient (Wildman–Crippen LogP) is 0.902. The molecular formula is C11H14N4O2. The van der Waals surface area contributed by atoms with Gasteiger partial charge in [-0.2, -0.15) is 0 Å². The third-order valence-electron chi connectivity index (χ3n) is 2.48. The number of hydrogen-bond donors (Lipinski definition) is 2. The highest BCUT2D eigenvalue weighted by Gasteiger charge is 2.21. The van der Waals surface area contributed by atoms with Crippen molar-refractivity contribution in [3.63, 3.8) is 0 Å². The van der Waals surface area contributed by atoms with Gasteiger partial charge in [0.05, 0.1) is 5.56 Å². The van der Waals surface area contributed by atoms with Crippen molar-refractivity contribution in [2.45, 2.75) is 25.5 Å². The SMILES string of the molecule is CC[C@H](N)C(O)c1nnc(-c2cccnc2)o1. The van der Waals surface area contributed by atoms with E-state index in [-0.39, 0.29) is 5.89 Å². The van der Waals surface area contributed by atoms with E-state index in [1.54, 1.807) is 24.5 Å². The maximum Gasteiger partial charge on any atom is 0.249 e. The quantitative estimate of drug-likeness (QED) is 0.815. The molecule has 90 valence electrons. The van der Waals surface area contributed by atoms with Crippen molar-refractivity contribution < 1.29 is 9.52 Å². The Morgan fingerprint density at radius 2 is 2.29 bits per heavy atom. The molecular weight excluding hydrogens is 220 g/mol. The molecule has 0 spiro atoms. The van der Waals surface area contributed by atoms with Gasteiger partial charge in [0.2, 0.25) is 11.8 Å². The lowest BCUT2D eigenvalue weighted by Crippen LogP contribution is -2.27. The molecule has 0 fully saturated rings. The van der Waals surface area contributed by atoms with Crippen molar-refractivity contribution in [2.75, 3.05) is 0 Å². The Morgan fingerprint density at radius 1 is 1.47 bits per heavy atom. The Labute approximate surface area is 98.5 Å². The molecule has 0 radical (unpaired) electrons. The summed E-state index contributed by atoms with van der Waals surface area (Å²) >= 11 is 0. The standard InChI is InChI=1S/C11H14N4O2/c1-2-8(12)9(16)11-15-14-10(17-11)7-4-3-5-13-6-7/h3-6,8-9,16H,2,12H2,1H3/t8-,9?/m0/s1. The average molecular weight is 234 g/mol. The number of rotatable bonds is 4. The summed E-state index contributed by atoms with van der Waals surface area (Å²) < 4.78 is 5.36. The van der Waals surface area contributed by atoms with Crippen LogP contribution >= 0.6 is 0 Å². The highest BCUT2D eigenvalue weighted by atomic mass is 16.4. The molecule has 17 heavy (non-hydrogen) atoms. The Morgan fingerprint density at radius 3 is 2.94 bits per heavy atom. The summed E-state index contributed by atoms with van der Waals surface area (Å²) in [5.41, 5.74) is 6.42. The first-order valence-corrected chi connectivity index (χ1v) is 5.39. The van der Waals surface area contributed by atoms with Gasteiger partial charge in [0, 0.05) is 18.4 Å². The van der Waals surface area contributed by atoms with E-state index < -0.39 is 12.1 Å². The van der Waals surface area contributed by atoms with Crippen molar-refractivity contribution in [3.8, 4) is 11.5 Å². The largest absolute Gasteiger partial charge is 0.418 e. The number of pyridine rings is 1. The zero-order chi connectivity index (χ0) is 12.3. The zero-order valence-electron chi connectivity index (χ0n) is 9.45. The minimum atomic E-state index is -0.932. The molecule has 0 aliphatic heterocycles. The third kappa shape index (κ3) is 2.48. The van der Waals surface area contributed by atoms with E-state index in [0.717, 1.165) is 0 Å². The molecule has 0 aliphatic carbocycles. The minimum Gasteiger partial charge on any atom is -0.418 e. The molecule has 6 nitrogen and oxygen atoms in total. The van der Waals surface area contributed by atoms with E-state index in [1.165, 1.54) is 0 Å². The van der Waals surface area contributed by atoms with Gasteiger partial charge in [-0.05, 0) is 18.6 Å². The van der Waals surface area contributed by atoms with Crippen LogP contribution in [-0.4, -0.2) is 26.3 Å². The van der Waals surface area contributed by atoms with Crippen molar-refractivity contribution in [3.05, 3.63) is 30.4 Å².